The smallest absolute Gasteiger partial charge is 0.340 e. The second kappa shape index (κ2) is 5.75. The van der Waals surface area contributed by atoms with E-state index in [4.69, 9.17) is 27.9 Å². The lowest BCUT2D eigenvalue weighted by Crippen LogP contribution is -2.37. The Morgan fingerprint density at radius 2 is 2.16 bits per heavy atom. The van der Waals surface area contributed by atoms with Crippen LogP contribution in [0.15, 0.2) is 12.3 Å². The lowest BCUT2D eigenvalue weighted by atomic mass is 10.3. The van der Waals surface area contributed by atoms with Crippen molar-refractivity contribution < 1.29 is 14.3 Å². The average molecular weight is 303 g/mol. The molecule has 0 saturated heterocycles. The highest BCUT2D eigenvalue weighted by atomic mass is 35.5. The second-order valence-corrected chi connectivity index (χ2v) is 5.09. The van der Waals surface area contributed by atoms with E-state index >= 15 is 0 Å². The minimum Gasteiger partial charge on any atom is -0.449 e. The van der Waals surface area contributed by atoms with Crippen molar-refractivity contribution >= 4 is 35.1 Å². The fraction of sp³-hybridized carbons (Fsp3) is 0.417. The van der Waals surface area contributed by atoms with E-state index in [-0.39, 0.29) is 27.7 Å². The van der Waals surface area contributed by atoms with E-state index < -0.39 is 12.1 Å². The molecule has 102 valence electrons. The van der Waals surface area contributed by atoms with Crippen molar-refractivity contribution in [3.8, 4) is 0 Å². The Bertz CT molecular complexity index is 518. The van der Waals surface area contributed by atoms with Gasteiger partial charge in [0.15, 0.2) is 6.10 Å². The van der Waals surface area contributed by atoms with Gasteiger partial charge in [0.2, 0.25) is 0 Å². The number of amides is 1. The molecule has 1 amide bonds. The molecule has 1 heterocycles. The third-order valence-electron chi connectivity index (χ3n) is 2.61. The van der Waals surface area contributed by atoms with Gasteiger partial charge in [-0.1, -0.05) is 23.2 Å². The van der Waals surface area contributed by atoms with Crippen LogP contribution in [0.2, 0.25) is 10.2 Å². The number of nitrogens with one attached hydrogen (secondary N) is 1. The summed E-state index contributed by atoms with van der Waals surface area (Å²) in [7, 11) is 0. The number of nitrogens with zero attached hydrogens (tertiary/aromatic N) is 1. The highest BCUT2D eigenvalue weighted by molar-refractivity contribution is 6.41. The zero-order chi connectivity index (χ0) is 14.0. The third-order valence-corrected chi connectivity index (χ3v) is 3.29. The molecule has 0 bridgehead atoms. The minimum atomic E-state index is -0.859. The van der Waals surface area contributed by atoms with Crippen LogP contribution in [0.1, 0.15) is 30.1 Å². The lowest BCUT2D eigenvalue weighted by Gasteiger charge is -2.13. The van der Waals surface area contributed by atoms with Crippen LogP contribution in [-0.2, 0) is 9.53 Å². The number of carbonyl (C=O) groups excluding carboxylic acids is 2. The number of aromatic nitrogens is 1. The maximum atomic E-state index is 11.8. The molecule has 1 aliphatic carbocycles. The summed E-state index contributed by atoms with van der Waals surface area (Å²) in [6, 6.07) is 1.57. The third kappa shape index (κ3) is 3.81. The first kappa shape index (κ1) is 14.1. The van der Waals surface area contributed by atoms with Gasteiger partial charge in [-0.25, -0.2) is 9.78 Å². The van der Waals surface area contributed by atoms with Crippen LogP contribution in [-0.4, -0.2) is 29.0 Å². The summed E-state index contributed by atoms with van der Waals surface area (Å²) < 4.78 is 5.03. The number of ether oxygens (including phenoxy) is 1. The van der Waals surface area contributed by atoms with Crippen molar-refractivity contribution in [3.63, 3.8) is 0 Å². The molecule has 1 atom stereocenters. The van der Waals surface area contributed by atoms with E-state index in [2.05, 4.69) is 10.3 Å². The molecule has 1 N–H and O–H groups in total. The molecule has 2 rings (SSSR count). The summed E-state index contributed by atoms with van der Waals surface area (Å²) in [5, 5.41) is 3.02. The van der Waals surface area contributed by atoms with Gasteiger partial charge in [-0.15, -0.1) is 0 Å². The van der Waals surface area contributed by atoms with Gasteiger partial charge < -0.3 is 10.1 Å². The summed E-state index contributed by atoms with van der Waals surface area (Å²) in [4.78, 5) is 27.2. The van der Waals surface area contributed by atoms with E-state index in [1.165, 1.54) is 19.2 Å². The van der Waals surface area contributed by atoms with Gasteiger partial charge in [0.1, 0.15) is 5.15 Å². The number of hydrogen-bond acceptors (Lipinski definition) is 4. The van der Waals surface area contributed by atoms with E-state index in [9.17, 15) is 9.59 Å². The molecule has 1 fully saturated rings. The van der Waals surface area contributed by atoms with Gasteiger partial charge in [-0.2, -0.15) is 0 Å². The first-order chi connectivity index (χ1) is 8.97. The minimum absolute atomic E-state index is 0.109. The van der Waals surface area contributed by atoms with E-state index in [0.29, 0.717) is 0 Å². The molecule has 1 aromatic heterocycles. The fourth-order valence-corrected chi connectivity index (χ4v) is 1.63. The highest BCUT2D eigenvalue weighted by Gasteiger charge is 2.27. The molecular formula is C12H12Cl2N2O3. The monoisotopic (exact) mass is 302 g/mol. The van der Waals surface area contributed by atoms with Crippen LogP contribution in [0.5, 0.6) is 0 Å². The van der Waals surface area contributed by atoms with Gasteiger partial charge in [-0.05, 0) is 25.8 Å². The molecule has 7 heteroatoms. The van der Waals surface area contributed by atoms with Crippen molar-refractivity contribution in [3.05, 3.63) is 28.0 Å². The SMILES string of the molecule is C[C@H](OC(=O)c1cnc(Cl)c(Cl)c1)C(=O)NC1CC1. The number of hydrogen-bond donors (Lipinski definition) is 1. The summed E-state index contributed by atoms with van der Waals surface area (Å²) in [5.74, 6) is -0.964. The molecule has 19 heavy (non-hydrogen) atoms. The van der Waals surface area contributed by atoms with Crippen LogP contribution in [0.4, 0.5) is 0 Å². The maximum absolute atomic E-state index is 11.8. The molecule has 1 saturated carbocycles. The van der Waals surface area contributed by atoms with Gasteiger partial charge >= 0.3 is 5.97 Å². The Hall–Kier alpha value is -1.33. The summed E-state index contributed by atoms with van der Waals surface area (Å²) in [5.41, 5.74) is 0.153. The number of esters is 1. The van der Waals surface area contributed by atoms with Crippen molar-refractivity contribution in [2.45, 2.75) is 31.9 Å². The Morgan fingerprint density at radius 3 is 2.74 bits per heavy atom. The van der Waals surface area contributed by atoms with Crippen LogP contribution in [0, 0.1) is 0 Å². The van der Waals surface area contributed by atoms with Crippen LogP contribution < -0.4 is 5.32 Å². The average Bonchev–Trinajstić information content (AvgIpc) is 3.16. The molecule has 0 aliphatic heterocycles. The second-order valence-electron chi connectivity index (χ2n) is 4.33. The van der Waals surface area contributed by atoms with E-state index in [1.807, 2.05) is 0 Å². The number of halogens is 2. The molecule has 1 aliphatic rings. The van der Waals surface area contributed by atoms with Gasteiger partial charge in [0.25, 0.3) is 5.91 Å². The van der Waals surface area contributed by atoms with Gasteiger partial charge in [0.05, 0.1) is 10.6 Å². The quantitative estimate of drug-likeness (QED) is 0.684. The fourth-order valence-electron chi connectivity index (χ4n) is 1.36. The normalized spacial score (nSPS) is 15.7. The Labute approximate surface area is 120 Å². The predicted molar refractivity (Wildman–Crippen MR) is 70.3 cm³/mol. The number of rotatable bonds is 4. The van der Waals surface area contributed by atoms with Crippen LogP contribution in [0.3, 0.4) is 0 Å². The topological polar surface area (TPSA) is 68.3 Å². The molecule has 0 unspecified atom stereocenters. The number of carbonyl (C=O) groups is 2. The van der Waals surface area contributed by atoms with E-state index in [0.717, 1.165) is 12.8 Å². The van der Waals surface area contributed by atoms with Crippen molar-refractivity contribution in [1.82, 2.24) is 10.3 Å². The standard InChI is InChI=1S/C12H12Cl2N2O3/c1-6(11(17)16-8-2-3-8)19-12(18)7-4-9(13)10(14)15-5-7/h4-6,8H,2-3H2,1H3,(H,16,17)/t6-/m0/s1. The van der Waals surface area contributed by atoms with Crippen LogP contribution in [0.25, 0.3) is 0 Å². The molecule has 0 radical (unpaired) electrons. The Morgan fingerprint density at radius 1 is 1.47 bits per heavy atom. The van der Waals surface area contributed by atoms with Gasteiger partial charge in [-0.3, -0.25) is 4.79 Å². The maximum Gasteiger partial charge on any atom is 0.340 e. The predicted octanol–water partition coefficient (Wildman–Crippen LogP) is 2.21. The molecule has 0 spiro atoms. The largest absolute Gasteiger partial charge is 0.449 e. The molecule has 0 aromatic carbocycles. The first-order valence-corrected chi connectivity index (χ1v) is 6.55. The molecular weight excluding hydrogens is 291 g/mol. The first-order valence-electron chi connectivity index (χ1n) is 5.80. The van der Waals surface area contributed by atoms with Crippen molar-refractivity contribution in [1.29, 1.82) is 0 Å². The van der Waals surface area contributed by atoms with E-state index in [1.54, 1.807) is 0 Å². The van der Waals surface area contributed by atoms with Crippen molar-refractivity contribution in [2.75, 3.05) is 0 Å². The summed E-state index contributed by atoms with van der Waals surface area (Å²) in [6.45, 7) is 1.51. The summed E-state index contributed by atoms with van der Waals surface area (Å²) >= 11 is 11.4. The Balaban J connectivity index is 1.95. The molecule has 5 nitrogen and oxygen atoms in total. The van der Waals surface area contributed by atoms with Crippen LogP contribution >= 0.6 is 23.2 Å². The lowest BCUT2D eigenvalue weighted by molar-refractivity contribution is -0.129. The van der Waals surface area contributed by atoms with Crippen molar-refractivity contribution in [2.24, 2.45) is 0 Å². The Kier molecular flexibility index (Phi) is 4.27. The zero-order valence-corrected chi connectivity index (χ0v) is 11.7. The zero-order valence-electron chi connectivity index (χ0n) is 10.2. The van der Waals surface area contributed by atoms with Gasteiger partial charge in [0, 0.05) is 12.2 Å². The highest BCUT2D eigenvalue weighted by Crippen LogP contribution is 2.21. The number of pyridine rings is 1. The molecule has 1 aromatic rings. The summed E-state index contributed by atoms with van der Waals surface area (Å²) in [6.07, 6.45) is 2.34.